The van der Waals surface area contributed by atoms with Gasteiger partial charge in [0.25, 0.3) is 0 Å². The number of hydrogen-bond donors (Lipinski definition) is 4. The monoisotopic (exact) mass is 463 g/mol. The quantitative estimate of drug-likeness (QED) is 0.457. The van der Waals surface area contributed by atoms with E-state index in [-0.39, 0.29) is 34.0 Å². The molecule has 0 aromatic carbocycles. The fraction of sp³-hybridized carbons (Fsp3) is 1.00. The van der Waals surface area contributed by atoms with Crippen molar-refractivity contribution in [3.63, 3.8) is 0 Å². The Bertz CT molecular complexity index is 637. The average Bonchev–Trinajstić information content (AvgIpc) is 2.74. The fourth-order valence-electron chi connectivity index (χ4n) is 8.55. The third-order valence-corrected chi connectivity index (χ3v) is 8.77. The van der Waals surface area contributed by atoms with E-state index in [1.54, 1.807) is 0 Å². The van der Waals surface area contributed by atoms with Crippen LogP contribution in [0, 0.1) is 11.8 Å². The van der Waals surface area contributed by atoms with E-state index in [2.05, 4.69) is 77.8 Å². The van der Waals surface area contributed by atoms with E-state index in [4.69, 9.17) is 11.5 Å². The van der Waals surface area contributed by atoms with Crippen LogP contribution in [0.4, 0.5) is 0 Å². The maximum Gasteiger partial charge on any atom is 0.0732 e. The van der Waals surface area contributed by atoms with E-state index in [0.717, 1.165) is 25.7 Å². The topological polar surface area (TPSA) is 79.3 Å². The van der Waals surface area contributed by atoms with Crippen molar-refractivity contribution < 1.29 is 0 Å². The van der Waals surface area contributed by atoms with Gasteiger partial charge in [0.15, 0.2) is 0 Å². The average molecular weight is 464 g/mol. The first kappa shape index (κ1) is 27.4. The van der Waals surface area contributed by atoms with Gasteiger partial charge in [0.2, 0.25) is 0 Å². The zero-order valence-corrected chi connectivity index (χ0v) is 23.5. The van der Waals surface area contributed by atoms with Crippen molar-refractivity contribution in [2.45, 2.75) is 167 Å². The van der Waals surface area contributed by atoms with Crippen LogP contribution in [0.1, 0.15) is 127 Å². The number of rotatable bonds is 5. The van der Waals surface area contributed by atoms with E-state index in [9.17, 15) is 0 Å². The molecule has 0 radical (unpaired) electrons. The second-order valence-electron chi connectivity index (χ2n) is 14.6. The van der Waals surface area contributed by atoms with Crippen LogP contribution in [-0.2, 0) is 0 Å². The van der Waals surface area contributed by atoms with E-state index in [1.165, 1.54) is 38.5 Å². The summed E-state index contributed by atoms with van der Waals surface area (Å²) in [7, 11) is 0. The Morgan fingerprint density at radius 2 is 1.30 bits per heavy atom. The van der Waals surface area contributed by atoms with Crippen LogP contribution < -0.4 is 22.1 Å². The highest BCUT2D eigenvalue weighted by Crippen LogP contribution is 2.47. The first-order valence-corrected chi connectivity index (χ1v) is 13.9. The lowest BCUT2D eigenvalue weighted by Gasteiger charge is -2.59. The van der Waals surface area contributed by atoms with Crippen molar-refractivity contribution in [3.05, 3.63) is 0 Å². The van der Waals surface area contributed by atoms with Crippen LogP contribution in [0.25, 0.3) is 0 Å². The first-order valence-electron chi connectivity index (χ1n) is 13.9. The number of nitrogens with two attached hydrogens (primary N) is 2. The molecule has 3 atom stereocenters. The molecule has 3 fully saturated rings. The Morgan fingerprint density at radius 3 is 1.79 bits per heavy atom. The minimum absolute atomic E-state index is 0.0521. The molecule has 3 unspecified atom stereocenters. The van der Waals surface area contributed by atoms with Crippen LogP contribution in [-0.4, -0.2) is 44.9 Å². The minimum Gasteiger partial charge on any atom is -0.316 e. The van der Waals surface area contributed by atoms with Crippen molar-refractivity contribution in [3.8, 4) is 0 Å². The molecule has 3 aliphatic rings. The molecule has 3 aliphatic heterocycles. The Morgan fingerprint density at radius 1 is 0.818 bits per heavy atom. The van der Waals surface area contributed by atoms with Crippen molar-refractivity contribution in [2.75, 3.05) is 0 Å². The molecule has 3 heterocycles. The van der Waals surface area contributed by atoms with Crippen LogP contribution in [0.3, 0.4) is 0 Å². The lowest BCUT2D eigenvalue weighted by molar-refractivity contribution is -0.0909. The van der Waals surface area contributed by atoms with Gasteiger partial charge in [-0.15, -0.1) is 0 Å². The van der Waals surface area contributed by atoms with Crippen molar-refractivity contribution in [1.29, 1.82) is 0 Å². The summed E-state index contributed by atoms with van der Waals surface area (Å²) >= 11 is 0. The van der Waals surface area contributed by atoms with E-state index < -0.39 is 0 Å². The van der Waals surface area contributed by atoms with Crippen LogP contribution >= 0.6 is 0 Å². The second-order valence-corrected chi connectivity index (χ2v) is 14.6. The van der Waals surface area contributed by atoms with Crippen LogP contribution in [0.5, 0.6) is 0 Å². The molecule has 0 aromatic rings. The normalized spacial score (nSPS) is 36.3. The summed E-state index contributed by atoms with van der Waals surface area (Å²) in [5.41, 5.74) is 14.9. The molecule has 5 heteroatoms. The number of hydrogen-bond acceptors (Lipinski definition) is 5. The van der Waals surface area contributed by atoms with Gasteiger partial charge in [-0.2, -0.15) is 0 Å². The molecule has 0 aromatic heterocycles. The number of likely N-dealkylation sites (tertiary alicyclic amines) is 1. The lowest BCUT2D eigenvalue weighted by Crippen LogP contribution is -2.73. The Balaban J connectivity index is 2.03. The predicted octanol–water partition coefficient (Wildman–Crippen LogP) is 5.08. The molecule has 0 bridgehead atoms. The van der Waals surface area contributed by atoms with Gasteiger partial charge in [0.05, 0.1) is 11.8 Å². The molecule has 0 amide bonds. The number of piperidine rings is 2. The van der Waals surface area contributed by atoms with Gasteiger partial charge < -0.3 is 22.1 Å². The highest BCUT2D eigenvalue weighted by molar-refractivity contribution is 5.09. The van der Waals surface area contributed by atoms with Crippen molar-refractivity contribution >= 4 is 0 Å². The van der Waals surface area contributed by atoms with Gasteiger partial charge in [-0.3, -0.25) is 4.90 Å². The first-order chi connectivity index (χ1) is 15.0. The van der Waals surface area contributed by atoms with E-state index >= 15 is 0 Å². The summed E-state index contributed by atoms with van der Waals surface area (Å²) in [6.45, 7) is 21.3. The van der Waals surface area contributed by atoms with Crippen molar-refractivity contribution in [2.24, 2.45) is 23.3 Å². The molecule has 0 saturated carbocycles. The summed E-state index contributed by atoms with van der Waals surface area (Å²) in [5, 5.41) is 7.79. The predicted molar refractivity (Wildman–Crippen MR) is 142 cm³/mol. The zero-order valence-electron chi connectivity index (χ0n) is 23.5. The number of nitrogens with zero attached hydrogens (tertiary/aromatic N) is 1. The number of nitrogens with one attached hydrogen (secondary N) is 2. The van der Waals surface area contributed by atoms with Gasteiger partial charge in [0, 0.05) is 28.2 Å². The highest BCUT2D eigenvalue weighted by atomic mass is 15.4. The minimum atomic E-state index is -0.342. The maximum absolute atomic E-state index is 7.69. The molecule has 5 nitrogen and oxygen atoms in total. The highest BCUT2D eigenvalue weighted by Gasteiger charge is 2.53. The molecule has 6 N–H and O–H groups in total. The largest absolute Gasteiger partial charge is 0.316 e. The van der Waals surface area contributed by atoms with Gasteiger partial charge in [-0.25, -0.2) is 0 Å². The van der Waals surface area contributed by atoms with E-state index in [0.29, 0.717) is 17.9 Å². The Labute approximate surface area is 205 Å². The molecule has 3 rings (SSSR count). The molecule has 194 valence electrons. The lowest BCUT2D eigenvalue weighted by atomic mass is 9.67. The molecular weight excluding hydrogens is 406 g/mol. The summed E-state index contributed by atoms with van der Waals surface area (Å²) in [4.78, 5) is 2.70. The van der Waals surface area contributed by atoms with Gasteiger partial charge in [-0.05, 0) is 112 Å². The SMILES string of the molecule is CCCC(C1CC(C)(C)NC(C)(C)C1)N1C(N)CCCCC1(N)C1CC(C)(C)NC(C)(C)C1. The standard InChI is InChI=1S/C28H57N5/c1-10-13-22(20-16-24(2,3)31-25(4,5)17-20)33-23(29)14-11-12-15-28(33,30)21-18-26(6,7)32-27(8,9)19-21/h20-23,31-32H,10-19,29-30H2,1-9H3. The fourth-order valence-corrected chi connectivity index (χ4v) is 8.55. The Hall–Kier alpha value is -0.200. The molecule has 3 saturated heterocycles. The third kappa shape index (κ3) is 6.33. The summed E-state index contributed by atoms with van der Waals surface area (Å²) in [6.07, 6.45) is 11.5. The zero-order chi connectivity index (χ0) is 24.9. The molecule has 0 aliphatic carbocycles. The van der Waals surface area contributed by atoms with E-state index in [1.807, 2.05) is 0 Å². The second kappa shape index (κ2) is 9.35. The Kier molecular flexibility index (Phi) is 7.76. The molecular formula is C28H57N5. The summed E-state index contributed by atoms with van der Waals surface area (Å²) < 4.78 is 0. The van der Waals surface area contributed by atoms with Gasteiger partial charge in [-0.1, -0.05) is 26.2 Å². The van der Waals surface area contributed by atoms with Gasteiger partial charge >= 0.3 is 0 Å². The maximum atomic E-state index is 7.69. The van der Waals surface area contributed by atoms with Gasteiger partial charge in [0.1, 0.15) is 0 Å². The summed E-state index contributed by atoms with van der Waals surface area (Å²) in [6, 6.07) is 0.440. The molecule has 0 spiro atoms. The van der Waals surface area contributed by atoms with Crippen LogP contribution in [0.2, 0.25) is 0 Å². The summed E-state index contributed by atoms with van der Waals surface area (Å²) in [5.74, 6) is 1.04. The van der Waals surface area contributed by atoms with Crippen LogP contribution in [0.15, 0.2) is 0 Å². The smallest absolute Gasteiger partial charge is 0.0732 e. The van der Waals surface area contributed by atoms with Crippen molar-refractivity contribution in [1.82, 2.24) is 15.5 Å². The third-order valence-electron chi connectivity index (χ3n) is 8.77. The molecule has 33 heavy (non-hydrogen) atoms.